The zero-order valence-electron chi connectivity index (χ0n) is 17.6. The average molecular weight is 364 g/mol. The maximum absolute atomic E-state index is 12.5. The van der Waals surface area contributed by atoms with Crippen molar-refractivity contribution in [2.45, 2.75) is 54.4 Å². The molecular weight excluding hydrogens is 326 g/mol. The lowest BCUT2D eigenvalue weighted by atomic mass is 9.78. The van der Waals surface area contributed by atoms with Crippen molar-refractivity contribution in [1.82, 2.24) is 10.4 Å². The maximum Gasteiger partial charge on any atom is 0.223 e. The molecule has 0 aliphatic carbocycles. The van der Waals surface area contributed by atoms with E-state index in [1.807, 2.05) is 38.2 Å². The third kappa shape index (κ3) is 7.34. The number of hydroxylamine groups is 2. The molecule has 0 spiro atoms. The number of hydrogen-bond donors (Lipinski definition) is 2. The van der Waals surface area contributed by atoms with Gasteiger partial charge in [0, 0.05) is 26.1 Å². The lowest BCUT2D eigenvalue weighted by Crippen LogP contribution is -2.41. The van der Waals surface area contributed by atoms with Crippen LogP contribution in [0.4, 0.5) is 5.69 Å². The first-order valence-electron chi connectivity index (χ1n) is 9.66. The number of amides is 1. The van der Waals surface area contributed by atoms with Crippen molar-refractivity contribution in [3.63, 3.8) is 0 Å². The Bertz CT molecular complexity index is 554. The zero-order chi connectivity index (χ0) is 19.7. The molecule has 0 heterocycles. The predicted octanol–water partition coefficient (Wildman–Crippen LogP) is 4.40. The Balaban J connectivity index is 2.46. The van der Waals surface area contributed by atoms with Crippen LogP contribution in [0.2, 0.25) is 0 Å². The molecule has 0 bridgehead atoms. The third-order valence-electron chi connectivity index (χ3n) is 4.88. The largest absolute Gasteiger partial charge is 0.356 e. The van der Waals surface area contributed by atoms with E-state index < -0.39 is 0 Å². The van der Waals surface area contributed by atoms with Crippen LogP contribution in [-0.4, -0.2) is 31.1 Å². The normalized spacial score (nSPS) is 14.2. The number of carbonyl (C=O) groups is 1. The van der Waals surface area contributed by atoms with Crippen molar-refractivity contribution in [2.75, 3.05) is 25.6 Å². The second-order valence-electron chi connectivity index (χ2n) is 8.17. The summed E-state index contributed by atoms with van der Waals surface area (Å²) < 4.78 is 0. The van der Waals surface area contributed by atoms with Crippen molar-refractivity contribution in [3.8, 4) is 0 Å². The molecule has 0 aromatic heterocycles. The smallest absolute Gasteiger partial charge is 0.223 e. The number of aryl methyl sites for hydroxylation is 1. The van der Waals surface area contributed by atoms with E-state index in [9.17, 15) is 4.79 Å². The van der Waals surface area contributed by atoms with E-state index in [-0.39, 0.29) is 17.2 Å². The van der Waals surface area contributed by atoms with Gasteiger partial charge in [-0.15, -0.1) is 0 Å². The summed E-state index contributed by atoms with van der Waals surface area (Å²) in [5.41, 5.74) is 5.06. The SMILES string of the molecule is CCC(CNC(=O)C(CC)C(C)(C)C)CN(C)ONc1ccccc1C. The van der Waals surface area contributed by atoms with Crippen LogP contribution < -0.4 is 10.8 Å². The summed E-state index contributed by atoms with van der Waals surface area (Å²) >= 11 is 0. The fourth-order valence-electron chi connectivity index (χ4n) is 3.11. The highest BCUT2D eigenvalue weighted by Gasteiger charge is 2.29. The summed E-state index contributed by atoms with van der Waals surface area (Å²) in [6, 6.07) is 8.00. The number of anilines is 1. The molecule has 0 aliphatic rings. The highest BCUT2D eigenvalue weighted by atomic mass is 16.8. The van der Waals surface area contributed by atoms with E-state index in [0.717, 1.165) is 30.6 Å². The first-order chi connectivity index (χ1) is 12.2. The molecule has 26 heavy (non-hydrogen) atoms. The van der Waals surface area contributed by atoms with E-state index in [4.69, 9.17) is 4.94 Å². The Kier molecular flexibility index (Phi) is 9.09. The lowest BCUT2D eigenvalue weighted by Gasteiger charge is -2.30. The van der Waals surface area contributed by atoms with Gasteiger partial charge < -0.3 is 5.32 Å². The number of para-hydroxylation sites is 1. The van der Waals surface area contributed by atoms with Crippen molar-refractivity contribution in [1.29, 1.82) is 0 Å². The van der Waals surface area contributed by atoms with Crippen molar-refractivity contribution in [3.05, 3.63) is 29.8 Å². The van der Waals surface area contributed by atoms with Crippen LogP contribution in [0, 0.1) is 24.2 Å². The Hall–Kier alpha value is -1.59. The Morgan fingerprint density at radius 1 is 1.19 bits per heavy atom. The number of benzene rings is 1. The van der Waals surface area contributed by atoms with E-state index in [1.165, 1.54) is 0 Å². The molecule has 1 aromatic rings. The van der Waals surface area contributed by atoms with Crippen LogP contribution in [-0.2, 0) is 9.73 Å². The highest BCUT2D eigenvalue weighted by Crippen LogP contribution is 2.28. The summed E-state index contributed by atoms with van der Waals surface area (Å²) in [5.74, 6) is 0.525. The Morgan fingerprint density at radius 2 is 1.85 bits per heavy atom. The highest BCUT2D eigenvalue weighted by molar-refractivity contribution is 5.79. The molecule has 0 saturated carbocycles. The quantitative estimate of drug-likeness (QED) is 0.605. The van der Waals surface area contributed by atoms with Gasteiger partial charge in [0.2, 0.25) is 5.91 Å². The molecule has 1 amide bonds. The molecule has 148 valence electrons. The fourth-order valence-corrected chi connectivity index (χ4v) is 3.11. The van der Waals surface area contributed by atoms with Crippen LogP contribution >= 0.6 is 0 Å². The van der Waals surface area contributed by atoms with Gasteiger partial charge >= 0.3 is 0 Å². The minimum Gasteiger partial charge on any atom is -0.356 e. The Morgan fingerprint density at radius 3 is 2.38 bits per heavy atom. The lowest BCUT2D eigenvalue weighted by molar-refractivity contribution is -0.130. The molecular formula is C21H37N3O2. The average Bonchev–Trinajstić information content (AvgIpc) is 2.57. The molecule has 1 aromatic carbocycles. The van der Waals surface area contributed by atoms with Gasteiger partial charge in [0.15, 0.2) is 0 Å². The van der Waals surface area contributed by atoms with Crippen LogP contribution in [0.1, 0.15) is 53.0 Å². The molecule has 0 fully saturated rings. The molecule has 2 N–H and O–H groups in total. The number of nitrogens with one attached hydrogen (secondary N) is 2. The maximum atomic E-state index is 12.5. The minimum atomic E-state index is -0.0160. The first kappa shape index (κ1) is 22.5. The molecule has 5 heteroatoms. The van der Waals surface area contributed by atoms with E-state index in [1.54, 1.807) is 5.06 Å². The summed E-state index contributed by atoms with van der Waals surface area (Å²) in [5, 5.41) is 4.92. The van der Waals surface area contributed by atoms with Crippen LogP contribution in [0.25, 0.3) is 0 Å². The molecule has 5 nitrogen and oxygen atoms in total. The summed E-state index contributed by atoms with van der Waals surface area (Å²) in [6.45, 7) is 14.0. The monoisotopic (exact) mass is 363 g/mol. The molecule has 0 radical (unpaired) electrons. The second kappa shape index (κ2) is 10.5. The molecule has 0 saturated heterocycles. The number of nitrogens with zero attached hydrogens (tertiary/aromatic N) is 1. The van der Waals surface area contributed by atoms with Gasteiger partial charge in [0.25, 0.3) is 0 Å². The van der Waals surface area contributed by atoms with Gasteiger partial charge in [-0.1, -0.05) is 59.2 Å². The predicted molar refractivity (Wildman–Crippen MR) is 109 cm³/mol. The molecule has 1 rings (SSSR count). The number of rotatable bonds is 10. The third-order valence-corrected chi connectivity index (χ3v) is 4.88. The zero-order valence-corrected chi connectivity index (χ0v) is 17.6. The van der Waals surface area contributed by atoms with Gasteiger partial charge in [0.1, 0.15) is 0 Å². The van der Waals surface area contributed by atoms with E-state index in [2.05, 4.69) is 45.4 Å². The number of carbonyl (C=O) groups excluding carboxylic acids is 1. The van der Waals surface area contributed by atoms with E-state index in [0.29, 0.717) is 12.5 Å². The van der Waals surface area contributed by atoms with Crippen molar-refractivity contribution >= 4 is 11.6 Å². The van der Waals surface area contributed by atoms with E-state index >= 15 is 0 Å². The van der Waals surface area contributed by atoms with Gasteiger partial charge in [-0.2, -0.15) is 10.0 Å². The Labute approximate surface area is 159 Å². The van der Waals surface area contributed by atoms with Crippen LogP contribution in [0.5, 0.6) is 0 Å². The topological polar surface area (TPSA) is 53.6 Å². The standard InChI is InChI=1S/C21H37N3O2/c1-8-17(14-22-20(25)18(9-2)21(4,5)6)15-24(7)26-23-19-13-11-10-12-16(19)3/h10-13,17-18,23H,8-9,14-15H2,1-7H3,(H,22,25). The summed E-state index contributed by atoms with van der Waals surface area (Å²) in [4.78, 5) is 18.1. The van der Waals surface area contributed by atoms with Gasteiger partial charge in [-0.25, -0.2) is 5.48 Å². The molecule has 0 aliphatic heterocycles. The second-order valence-corrected chi connectivity index (χ2v) is 8.17. The summed E-state index contributed by atoms with van der Waals surface area (Å²) in [7, 11) is 1.90. The van der Waals surface area contributed by atoms with Gasteiger partial charge in [0.05, 0.1) is 5.69 Å². The van der Waals surface area contributed by atoms with Crippen LogP contribution in [0.15, 0.2) is 24.3 Å². The number of hydrogen-bond acceptors (Lipinski definition) is 4. The minimum absolute atomic E-state index is 0.0160. The molecule has 2 unspecified atom stereocenters. The van der Waals surface area contributed by atoms with Crippen molar-refractivity contribution < 1.29 is 9.73 Å². The first-order valence-corrected chi connectivity index (χ1v) is 9.66. The van der Waals surface area contributed by atoms with Gasteiger partial charge in [-0.3, -0.25) is 4.79 Å². The summed E-state index contributed by atoms with van der Waals surface area (Å²) in [6.07, 6.45) is 1.83. The van der Waals surface area contributed by atoms with Gasteiger partial charge in [-0.05, 0) is 36.3 Å². The van der Waals surface area contributed by atoms with Crippen LogP contribution in [0.3, 0.4) is 0 Å². The molecule has 2 atom stereocenters. The van der Waals surface area contributed by atoms with Crippen molar-refractivity contribution in [2.24, 2.45) is 17.3 Å². The fraction of sp³-hybridized carbons (Fsp3) is 0.667.